The Labute approximate surface area is 111 Å². The fraction of sp³-hybridized carbons (Fsp3) is 0.538. The van der Waals surface area contributed by atoms with Crippen LogP contribution in [0.1, 0.15) is 18.9 Å². The minimum Gasteiger partial charge on any atom is -0.392 e. The Hall–Kier alpha value is -0.130. The zero-order valence-corrected chi connectivity index (χ0v) is 11.7. The number of aliphatic hydroxyl groups is 1. The molecule has 88 valence electrons. The van der Waals surface area contributed by atoms with E-state index in [9.17, 15) is 5.11 Å². The average Bonchev–Trinajstić information content (AvgIpc) is 2.27. The second kappa shape index (κ2) is 5.47. The Morgan fingerprint density at radius 2 is 2.06 bits per heavy atom. The number of benzene rings is 1. The van der Waals surface area contributed by atoms with Crippen LogP contribution in [0.3, 0.4) is 0 Å². The first kappa shape index (κ1) is 12.3. The topological polar surface area (TPSA) is 23.5 Å². The van der Waals surface area contributed by atoms with Crippen molar-refractivity contribution >= 4 is 22.6 Å². The molecule has 0 amide bonds. The Morgan fingerprint density at radius 3 is 2.69 bits per heavy atom. The largest absolute Gasteiger partial charge is 0.392 e. The molecule has 1 fully saturated rings. The van der Waals surface area contributed by atoms with E-state index < -0.39 is 0 Å². The van der Waals surface area contributed by atoms with E-state index in [1.165, 1.54) is 9.13 Å². The summed E-state index contributed by atoms with van der Waals surface area (Å²) >= 11 is 2.32. The van der Waals surface area contributed by atoms with E-state index in [0.29, 0.717) is 5.92 Å². The first-order chi connectivity index (χ1) is 7.65. The highest BCUT2D eigenvalue weighted by Gasteiger charge is 2.23. The van der Waals surface area contributed by atoms with Gasteiger partial charge in [-0.2, -0.15) is 0 Å². The van der Waals surface area contributed by atoms with Gasteiger partial charge in [-0.05, 0) is 59.2 Å². The molecular weight excluding hydrogens is 313 g/mol. The highest BCUT2D eigenvalue weighted by Crippen LogP contribution is 2.19. The number of rotatable bonds is 2. The molecule has 16 heavy (non-hydrogen) atoms. The molecular formula is C13H18INO. The lowest BCUT2D eigenvalue weighted by Gasteiger charge is -2.34. The third-order valence-corrected chi connectivity index (χ3v) is 4.04. The second-order valence-corrected chi connectivity index (χ2v) is 5.94. The van der Waals surface area contributed by atoms with Crippen molar-refractivity contribution in [3.05, 3.63) is 33.4 Å². The number of hydrogen-bond acceptors (Lipinski definition) is 2. The van der Waals surface area contributed by atoms with Gasteiger partial charge in [0.2, 0.25) is 0 Å². The molecule has 0 aromatic heterocycles. The maximum Gasteiger partial charge on any atom is 0.0693 e. The maximum atomic E-state index is 9.83. The first-order valence-corrected chi connectivity index (χ1v) is 6.88. The third kappa shape index (κ3) is 3.18. The molecule has 1 aromatic carbocycles. The molecule has 2 nitrogen and oxygen atoms in total. The number of aliphatic hydroxyl groups excluding tert-OH is 1. The summed E-state index contributed by atoms with van der Waals surface area (Å²) in [5.74, 6) is 0.452. The van der Waals surface area contributed by atoms with Crippen molar-refractivity contribution in [1.29, 1.82) is 0 Å². The Kier molecular flexibility index (Phi) is 4.21. The van der Waals surface area contributed by atoms with Crippen LogP contribution in [0, 0.1) is 9.49 Å². The molecule has 1 aliphatic heterocycles. The molecule has 0 bridgehead atoms. The van der Waals surface area contributed by atoms with Gasteiger partial charge in [-0.1, -0.05) is 19.1 Å². The lowest BCUT2D eigenvalue weighted by Crippen LogP contribution is -2.42. The second-order valence-electron chi connectivity index (χ2n) is 4.69. The summed E-state index contributed by atoms with van der Waals surface area (Å²) in [6, 6.07) is 8.62. The summed E-state index contributed by atoms with van der Waals surface area (Å²) in [7, 11) is 0. The molecule has 1 aromatic rings. The summed E-state index contributed by atoms with van der Waals surface area (Å²) in [4.78, 5) is 2.34. The Morgan fingerprint density at radius 1 is 1.38 bits per heavy atom. The molecule has 0 aliphatic carbocycles. The van der Waals surface area contributed by atoms with Crippen LogP contribution in [0.15, 0.2) is 24.3 Å². The number of nitrogens with zero attached hydrogens (tertiary/aromatic N) is 1. The van der Waals surface area contributed by atoms with Crippen molar-refractivity contribution in [2.24, 2.45) is 5.92 Å². The highest BCUT2D eigenvalue weighted by molar-refractivity contribution is 14.1. The van der Waals surface area contributed by atoms with E-state index in [1.54, 1.807) is 0 Å². The van der Waals surface area contributed by atoms with Crippen molar-refractivity contribution in [1.82, 2.24) is 4.90 Å². The maximum absolute atomic E-state index is 9.83. The van der Waals surface area contributed by atoms with Gasteiger partial charge in [0, 0.05) is 16.7 Å². The van der Waals surface area contributed by atoms with Gasteiger partial charge in [-0.25, -0.2) is 0 Å². The number of halogens is 1. The summed E-state index contributed by atoms with van der Waals surface area (Å²) < 4.78 is 1.27. The van der Waals surface area contributed by atoms with Crippen molar-refractivity contribution in [2.75, 3.05) is 13.1 Å². The summed E-state index contributed by atoms with van der Waals surface area (Å²) in [6.07, 6.45) is 0.948. The van der Waals surface area contributed by atoms with Gasteiger partial charge >= 0.3 is 0 Å². The van der Waals surface area contributed by atoms with Crippen LogP contribution in [0.25, 0.3) is 0 Å². The molecule has 2 atom stereocenters. The fourth-order valence-corrected chi connectivity index (χ4v) is 2.47. The number of hydrogen-bond donors (Lipinski definition) is 1. The molecule has 2 unspecified atom stereocenters. The van der Waals surface area contributed by atoms with Gasteiger partial charge in [-0.15, -0.1) is 0 Å². The normalized spacial score (nSPS) is 26.9. The summed E-state index contributed by atoms with van der Waals surface area (Å²) in [5, 5.41) is 9.83. The van der Waals surface area contributed by atoms with E-state index in [-0.39, 0.29) is 6.10 Å². The third-order valence-electron chi connectivity index (χ3n) is 3.32. The zero-order valence-electron chi connectivity index (χ0n) is 9.56. The van der Waals surface area contributed by atoms with Crippen LogP contribution in [0.4, 0.5) is 0 Å². The molecule has 0 radical (unpaired) electrons. The number of β-amino-alcohol motifs (C(OH)–C–C–N with tert-alkyl or cyclic N) is 1. The monoisotopic (exact) mass is 331 g/mol. The van der Waals surface area contributed by atoms with E-state index in [4.69, 9.17) is 0 Å². The van der Waals surface area contributed by atoms with Crippen LogP contribution in [0.5, 0.6) is 0 Å². The lowest BCUT2D eigenvalue weighted by atomic mass is 9.96. The van der Waals surface area contributed by atoms with Gasteiger partial charge in [0.1, 0.15) is 0 Å². The zero-order chi connectivity index (χ0) is 11.5. The minimum atomic E-state index is -0.155. The van der Waals surface area contributed by atoms with Gasteiger partial charge < -0.3 is 5.11 Å². The molecule has 0 spiro atoms. The van der Waals surface area contributed by atoms with Crippen molar-refractivity contribution < 1.29 is 5.11 Å². The Bertz CT molecular complexity index is 338. The summed E-state index contributed by atoms with van der Waals surface area (Å²) in [5.41, 5.74) is 1.34. The molecule has 0 saturated carbocycles. The van der Waals surface area contributed by atoms with E-state index in [1.807, 2.05) is 0 Å². The standard InChI is InChI=1S/C13H18INO/c1-10-6-7-15(9-13(10)16)8-11-2-4-12(14)5-3-11/h2-5,10,13,16H,6-9H2,1H3. The summed E-state index contributed by atoms with van der Waals surface area (Å²) in [6.45, 7) is 5.00. The quantitative estimate of drug-likeness (QED) is 0.842. The van der Waals surface area contributed by atoms with Crippen LogP contribution >= 0.6 is 22.6 Å². The van der Waals surface area contributed by atoms with Gasteiger partial charge in [0.05, 0.1) is 6.10 Å². The molecule has 2 rings (SSSR count). The predicted molar refractivity (Wildman–Crippen MR) is 74.2 cm³/mol. The fourth-order valence-electron chi connectivity index (χ4n) is 2.11. The Balaban J connectivity index is 1.93. The van der Waals surface area contributed by atoms with Gasteiger partial charge in [0.25, 0.3) is 0 Å². The van der Waals surface area contributed by atoms with Crippen LogP contribution in [0.2, 0.25) is 0 Å². The minimum absolute atomic E-state index is 0.155. The average molecular weight is 331 g/mol. The van der Waals surface area contributed by atoms with E-state index in [0.717, 1.165) is 26.1 Å². The lowest BCUT2D eigenvalue weighted by molar-refractivity contribution is 0.0259. The van der Waals surface area contributed by atoms with E-state index >= 15 is 0 Å². The first-order valence-electron chi connectivity index (χ1n) is 5.80. The van der Waals surface area contributed by atoms with Crippen molar-refractivity contribution in [2.45, 2.75) is 26.0 Å². The van der Waals surface area contributed by atoms with Crippen molar-refractivity contribution in [3.63, 3.8) is 0 Å². The highest BCUT2D eigenvalue weighted by atomic mass is 127. The number of likely N-dealkylation sites (tertiary alicyclic amines) is 1. The smallest absolute Gasteiger partial charge is 0.0693 e. The number of piperidine rings is 1. The molecule has 1 saturated heterocycles. The van der Waals surface area contributed by atoms with Gasteiger partial charge in [0.15, 0.2) is 0 Å². The van der Waals surface area contributed by atoms with E-state index in [2.05, 4.69) is 58.7 Å². The molecule has 1 N–H and O–H groups in total. The predicted octanol–water partition coefficient (Wildman–Crippen LogP) is 2.49. The molecule has 3 heteroatoms. The van der Waals surface area contributed by atoms with Crippen LogP contribution < -0.4 is 0 Å². The van der Waals surface area contributed by atoms with Gasteiger partial charge in [-0.3, -0.25) is 4.90 Å². The molecule has 1 aliphatic rings. The van der Waals surface area contributed by atoms with Crippen molar-refractivity contribution in [3.8, 4) is 0 Å². The SMILES string of the molecule is CC1CCN(Cc2ccc(I)cc2)CC1O. The van der Waals surface area contributed by atoms with Crippen LogP contribution in [-0.4, -0.2) is 29.2 Å². The van der Waals surface area contributed by atoms with Crippen LogP contribution in [-0.2, 0) is 6.54 Å². The molecule has 1 heterocycles.